The Morgan fingerprint density at radius 3 is 2.83 bits per heavy atom. The topological polar surface area (TPSA) is 75.6 Å². The van der Waals surface area contributed by atoms with Crippen molar-refractivity contribution in [3.8, 4) is 0 Å². The van der Waals surface area contributed by atoms with Crippen LogP contribution in [-0.4, -0.2) is 40.7 Å². The number of anilines is 1. The van der Waals surface area contributed by atoms with Crippen molar-refractivity contribution in [2.75, 3.05) is 18.1 Å². The summed E-state index contributed by atoms with van der Waals surface area (Å²) in [5.41, 5.74) is 5.08. The van der Waals surface area contributed by atoms with Gasteiger partial charge in [0.05, 0.1) is 11.8 Å². The van der Waals surface area contributed by atoms with E-state index in [9.17, 15) is 9.59 Å². The molecule has 36 heavy (non-hydrogen) atoms. The minimum absolute atomic E-state index is 0.0818. The Hall–Kier alpha value is -3.01. The van der Waals surface area contributed by atoms with E-state index in [-0.39, 0.29) is 24.5 Å². The van der Waals surface area contributed by atoms with Gasteiger partial charge in [0.25, 0.3) is 5.91 Å². The Labute approximate surface area is 223 Å². The number of halogens is 1. The van der Waals surface area contributed by atoms with Crippen LogP contribution >= 0.6 is 28.1 Å². The molecule has 1 atom stereocenters. The second kappa shape index (κ2) is 10.2. The van der Waals surface area contributed by atoms with Crippen LogP contribution in [0, 0.1) is 13.8 Å². The molecule has 5 rings (SSSR count). The number of rotatable bonds is 6. The third kappa shape index (κ3) is 4.96. The van der Waals surface area contributed by atoms with E-state index in [4.69, 9.17) is 17.0 Å². The number of hydrogen-bond donors (Lipinski definition) is 2. The molecular formula is C27H27BrN4O3S. The van der Waals surface area contributed by atoms with Gasteiger partial charge in [0.15, 0.2) is 5.11 Å². The Bertz CT molecular complexity index is 1410. The average molecular weight is 568 g/mol. The van der Waals surface area contributed by atoms with Crippen LogP contribution in [0.4, 0.5) is 5.69 Å². The molecule has 2 amide bonds. The predicted molar refractivity (Wildman–Crippen MR) is 149 cm³/mol. The Morgan fingerprint density at radius 2 is 2.08 bits per heavy atom. The lowest BCUT2D eigenvalue weighted by molar-refractivity contribution is -0.122. The van der Waals surface area contributed by atoms with Gasteiger partial charge in [-0.2, -0.15) is 0 Å². The summed E-state index contributed by atoms with van der Waals surface area (Å²) in [6.07, 6.45) is 5.79. The van der Waals surface area contributed by atoms with Gasteiger partial charge in [0.2, 0.25) is 5.91 Å². The molecule has 0 saturated carbocycles. The van der Waals surface area contributed by atoms with Gasteiger partial charge in [-0.15, -0.1) is 0 Å². The molecule has 0 bridgehead atoms. The standard InChI is InChI=1S/C27H27BrN4O3S/c1-16-5-7-20(10-17(16)2)32-26(34)23(30-27(32)36)11-18-14-31(24-8-6-19(28)12-22(18)24)15-25(33)29-13-21-4-3-9-35-21/h5-8,10-12,14,21H,3-4,9,13,15H2,1-2H3,(H,29,33)(H,30,36)/b23-11-/t21-/m0/s1. The SMILES string of the molecule is Cc1ccc(N2C(=O)/C(=C/c3cn(CC(=O)NC[C@@H]4CCCO4)c4ccc(Br)cc34)NC2=S)cc1C. The number of amides is 2. The van der Waals surface area contributed by atoms with E-state index in [1.165, 1.54) is 4.90 Å². The highest BCUT2D eigenvalue weighted by Crippen LogP contribution is 2.29. The van der Waals surface area contributed by atoms with Crippen LogP contribution in [0.5, 0.6) is 0 Å². The molecule has 186 valence electrons. The third-order valence-electron chi connectivity index (χ3n) is 6.67. The summed E-state index contributed by atoms with van der Waals surface area (Å²) in [5, 5.41) is 7.31. The van der Waals surface area contributed by atoms with Gasteiger partial charge < -0.3 is 19.9 Å². The minimum atomic E-state index is -0.214. The number of benzene rings is 2. The molecule has 3 heterocycles. The summed E-state index contributed by atoms with van der Waals surface area (Å²) in [4.78, 5) is 27.5. The number of carbonyl (C=O) groups is 2. The van der Waals surface area contributed by atoms with Gasteiger partial charge >= 0.3 is 0 Å². The molecule has 0 aliphatic carbocycles. The fourth-order valence-corrected chi connectivity index (χ4v) is 5.24. The van der Waals surface area contributed by atoms with Gasteiger partial charge in [-0.1, -0.05) is 22.0 Å². The summed E-state index contributed by atoms with van der Waals surface area (Å²) in [5.74, 6) is -0.296. The smallest absolute Gasteiger partial charge is 0.281 e. The molecule has 3 aromatic rings. The number of nitrogens with zero attached hydrogens (tertiary/aromatic N) is 2. The molecule has 9 heteroatoms. The van der Waals surface area contributed by atoms with E-state index in [0.717, 1.165) is 57.2 Å². The maximum atomic E-state index is 13.3. The van der Waals surface area contributed by atoms with Gasteiger partial charge in [-0.3, -0.25) is 14.5 Å². The van der Waals surface area contributed by atoms with Crippen molar-refractivity contribution in [3.05, 3.63) is 69.5 Å². The quantitative estimate of drug-likeness (QED) is 0.337. The normalized spacial score (nSPS) is 18.9. The summed E-state index contributed by atoms with van der Waals surface area (Å²) < 4.78 is 8.41. The van der Waals surface area contributed by atoms with Crippen LogP contribution in [0.1, 0.15) is 29.5 Å². The molecule has 7 nitrogen and oxygen atoms in total. The molecule has 0 spiro atoms. The Kier molecular flexibility index (Phi) is 6.96. The van der Waals surface area contributed by atoms with Gasteiger partial charge in [0, 0.05) is 40.3 Å². The maximum Gasteiger partial charge on any atom is 0.281 e. The Balaban J connectivity index is 1.42. The van der Waals surface area contributed by atoms with E-state index < -0.39 is 0 Å². The fraction of sp³-hybridized carbons (Fsp3) is 0.296. The summed E-state index contributed by atoms with van der Waals surface area (Å²) in [7, 11) is 0. The lowest BCUT2D eigenvalue weighted by Gasteiger charge is -2.15. The van der Waals surface area contributed by atoms with Crippen LogP contribution in [0.3, 0.4) is 0 Å². The average Bonchev–Trinajstić information content (AvgIpc) is 3.54. The highest BCUT2D eigenvalue weighted by Gasteiger charge is 2.32. The molecule has 2 saturated heterocycles. The molecule has 2 aliphatic heterocycles. The van der Waals surface area contributed by atoms with Crippen molar-refractivity contribution in [1.82, 2.24) is 15.2 Å². The van der Waals surface area contributed by atoms with Crippen LogP contribution in [0.2, 0.25) is 0 Å². The number of nitrogens with one attached hydrogen (secondary N) is 2. The second-order valence-corrected chi connectivity index (χ2v) is 10.5. The largest absolute Gasteiger partial charge is 0.376 e. The first-order valence-electron chi connectivity index (χ1n) is 11.9. The van der Waals surface area contributed by atoms with E-state index in [1.54, 1.807) is 6.08 Å². The molecule has 2 aromatic carbocycles. The maximum absolute atomic E-state index is 13.3. The molecule has 1 aromatic heterocycles. The summed E-state index contributed by atoms with van der Waals surface area (Å²) in [6.45, 7) is 5.49. The number of carbonyl (C=O) groups excluding carboxylic acids is 2. The molecule has 0 unspecified atom stereocenters. The highest BCUT2D eigenvalue weighted by molar-refractivity contribution is 9.10. The molecule has 2 N–H and O–H groups in total. The van der Waals surface area contributed by atoms with Crippen LogP contribution in [0.25, 0.3) is 17.0 Å². The van der Waals surface area contributed by atoms with Crippen molar-refractivity contribution in [3.63, 3.8) is 0 Å². The number of hydrogen-bond acceptors (Lipinski definition) is 4. The van der Waals surface area contributed by atoms with Crippen molar-refractivity contribution in [2.24, 2.45) is 0 Å². The second-order valence-electron chi connectivity index (χ2n) is 9.21. The van der Waals surface area contributed by atoms with Crippen LogP contribution in [-0.2, 0) is 20.9 Å². The highest BCUT2D eigenvalue weighted by atomic mass is 79.9. The zero-order valence-corrected chi connectivity index (χ0v) is 22.5. The van der Waals surface area contributed by atoms with Gasteiger partial charge in [-0.05, 0) is 86.4 Å². The summed E-state index contributed by atoms with van der Waals surface area (Å²) >= 11 is 9.04. The van der Waals surface area contributed by atoms with Crippen molar-refractivity contribution >= 4 is 67.7 Å². The first-order valence-corrected chi connectivity index (χ1v) is 13.1. The van der Waals surface area contributed by atoms with Crippen molar-refractivity contribution < 1.29 is 14.3 Å². The van der Waals surface area contributed by atoms with Gasteiger partial charge in [-0.25, -0.2) is 0 Å². The number of thiocarbonyl (C=S) groups is 1. The first-order chi connectivity index (χ1) is 17.3. The molecule has 0 radical (unpaired) electrons. The number of ether oxygens (including phenoxy) is 1. The minimum Gasteiger partial charge on any atom is -0.376 e. The van der Waals surface area contributed by atoms with E-state index in [2.05, 4.69) is 26.6 Å². The lowest BCUT2D eigenvalue weighted by Crippen LogP contribution is -2.34. The summed E-state index contributed by atoms with van der Waals surface area (Å²) in [6, 6.07) is 11.7. The van der Waals surface area contributed by atoms with Gasteiger partial charge in [0.1, 0.15) is 12.2 Å². The van der Waals surface area contributed by atoms with Crippen molar-refractivity contribution in [2.45, 2.75) is 39.3 Å². The number of aryl methyl sites for hydroxylation is 2. The van der Waals surface area contributed by atoms with Crippen LogP contribution in [0.15, 0.2) is 52.8 Å². The first kappa shape index (κ1) is 24.7. The molecule has 2 aliphatic rings. The van der Waals surface area contributed by atoms with Crippen molar-refractivity contribution in [1.29, 1.82) is 0 Å². The van der Waals surface area contributed by atoms with E-state index >= 15 is 0 Å². The fourth-order valence-electron chi connectivity index (χ4n) is 4.58. The third-order valence-corrected chi connectivity index (χ3v) is 7.44. The lowest BCUT2D eigenvalue weighted by atomic mass is 10.1. The van der Waals surface area contributed by atoms with E-state index in [0.29, 0.717) is 17.4 Å². The predicted octanol–water partition coefficient (Wildman–Crippen LogP) is 4.58. The monoisotopic (exact) mass is 566 g/mol. The zero-order chi connectivity index (χ0) is 25.4. The number of fused-ring (bicyclic) bond motifs is 1. The van der Waals surface area contributed by atoms with Crippen LogP contribution < -0.4 is 15.5 Å². The molecule has 2 fully saturated rings. The molecular weight excluding hydrogens is 540 g/mol. The number of aromatic nitrogens is 1. The van der Waals surface area contributed by atoms with E-state index in [1.807, 2.05) is 61.0 Å². The zero-order valence-electron chi connectivity index (χ0n) is 20.1. The Morgan fingerprint density at radius 1 is 1.25 bits per heavy atom.